The zero-order valence-corrected chi connectivity index (χ0v) is 19.5. The molecule has 1 fully saturated rings. The summed E-state index contributed by atoms with van der Waals surface area (Å²) in [6.07, 6.45) is -4.08. The van der Waals surface area contributed by atoms with E-state index in [0.717, 1.165) is 17.8 Å². The van der Waals surface area contributed by atoms with Crippen LogP contribution in [0.3, 0.4) is 0 Å². The summed E-state index contributed by atoms with van der Waals surface area (Å²) in [7, 11) is 0. The van der Waals surface area contributed by atoms with Gasteiger partial charge in [-0.1, -0.05) is 53.7 Å². The number of carbonyl (C=O) groups is 1. The summed E-state index contributed by atoms with van der Waals surface area (Å²) in [5.41, 5.74) is -1.28. The molecule has 8 heteroatoms. The molecule has 1 heterocycles. The van der Waals surface area contributed by atoms with Crippen molar-refractivity contribution >= 4 is 5.91 Å². The first-order valence-corrected chi connectivity index (χ1v) is 10.7. The van der Waals surface area contributed by atoms with Crippen molar-refractivity contribution in [3.8, 4) is 11.8 Å². The lowest BCUT2D eigenvalue weighted by molar-refractivity contribution is -0.165. The topological polar surface area (TPSA) is 75.0 Å². The highest BCUT2D eigenvalue weighted by molar-refractivity contribution is 5.94. The molecule has 1 saturated carbocycles. The average molecular weight is 460 g/mol. The molecule has 0 radical (unpaired) electrons. The third-order valence-corrected chi connectivity index (χ3v) is 6.48. The van der Waals surface area contributed by atoms with E-state index in [0.29, 0.717) is 11.5 Å². The Morgan fingerprint density at radius 1 is 1.15 bits per heavy atom. The highest BCUT2D eigenvalue weighted by atomic mass is 19.4. The van der Waals surface area contributed by atoms with Crippen LogP contribution in [-0.2, 0) is 6.18 Å². The summed E-state index contributed by atoms with van der Waals surface area (Å²) in [5, 5.41) is 12.0. The first-order valence-electron chi connectivity index (χ1n) is 10.7. The normalized spacial score (nSPS) is 21.1. The molecule has 1 amide bonds. The molecule has 0 spiro atoms. The number of hydrogen-bond donors (Lipinski definition) is 1. The van der Waals surface area contributed by atoms with Crippen molar-refractivity contribution < 1.29 is 22.7 Å². The van der Waals surface area contributed by atoms with Crippen LogP contribution >= 0.6 is 0 Å². The van der Waals surface area contributed by atoms with Crippen LogP contribution in [0.25, 0.3) is 0 Å². The molecule has 0 saturated heterocycles. The highest BCUT2D eigenvalue weighted by Crippen LogP contribution is 2.55. The number of pyridine rings is 1. The van der Waals surface area contributed by atoms with Crippen molar-refractivity contribution in [3.63, 3.8) is 0 Å². The summed E-state index contributed by atoms with van der Waals surface area (Å²) >= 11 is 0. The van der Waals surface area contributed by atoms with Crippen LogP contribution in [-0.4, -0.2) is 23.0 Å². The molecule has 1 N–H and O–H groups in total. The maximum Gasteiger partial charge on any atom is 0.419 e. The fraction of sp³-hybridized carbons (Fsp3) is 0.480. The molecular weight excluding hydrogens is 431 g/mol. The van der Waals surface area contributed by atoms with E-state index >= 15 is 0 Å². The standard InChI is InChI=1S/C25H28F3N3O2/c1-14(2)15-7-9-16(10-8-15)20(32)31-21-23(3,4)22(24(21,5)6)33-17-11-18(25(26,27)28)19(12-29)30-13-17/h7-11,13-14,21-22H,1-6H3,(H,31,32). The maximum absolute atomic E-state index is 13.3. The van der Waals surface area contributed by atoms with E-state index in [2.05, 4.69) is 24.1 Å². The number of nitrogens with one attached hydrogen (secondary N) is 1. The van der Waals surface area contributed by atoms with Crippen LogP contribution in [0.2, 0.25) is 0 Å². The van der Waals surface area contributed by atoms with Gasteiger partial charge in [-0.25, -0.2) is 4.98 Å². The molecule has 5 nitrogen and oxygen atoms in total. The Morgan fingerprint density at radius 2 is 1.73 bits per heavy atom. The van der Waals surface area contributed by atoms with Crippen LogP contribution in [0.1, 0.15) is 74.6 Å². The average Bonchev–Trinajstić information content (AvgIpc) is 2.74. The highest BCUT2D eigenvalue weighted by Gasteiger charge is 2.64. The van der Waals surface area contributed by atoms with Gasteiger partial charge in [-0.15, -0.1) is 0 Å². The van der Waals surface area contributed by atoms with Crippen molar-refractivity contribution in [2.75, 3.05) is 0 Å². The van der Waals surface area contributed by atoms with Crippen LogP contribution < -0.4 is 10.1 Å². The third kappa shape index (κ3) is 4.54. The Balaban J connectivity index is 1.78. The first-order chi connectivity index (χ1) is 15.2. The molecule has 176 valence electrons. The van der Waals surface area contributed by atoms with E-state index < -0.39 is 34.4 Å². The minimum atomic E-state index is -4.72. The number of amides is 1. The van der Waals surface area contributed by atoms with Gasteiger partial charge in [0, 0.05) is 22.4 Å². The molecule has 1 aliphatic rings. The lowest BCUT2D eigenvalue weighted by atomic mass is 9.49. The number of ether oxygens (including phenoxy) is 1. The molecule has 0 unspecified atom stereocenters. The minimum absolute atomic E-state index is 0.0680. The Morgan fingerprint density at radius 3 is 2.21 bits per heavy atom. The Kier molecular flexibility index (Phi) is 6.22. The first kappa shape index (κ1) is 24.6. The third-order valence-electron chi connectivity index (χ3n) is 6.48. The largest absolute Gasteiger partial charge is 0.488 e. The van der Waals surface area contributed by atoms with Gasteiger partial charge in [0.15, 0.2) is 5.69 Å². The van der Waals surface area contributed by atoms with Crippen LogP contribution in [0.5, 0.6) is 5.75 Å². The fourth-order valence-electron chi connectivity index (χ4n) is 4.99. The number of carbonyl (C=O) groups excluding carboxylic acids is 1. The Bertz CT molecular complexity index is 1070. The molecule has 0 bridgehead atoms. The molecule has 3 rings (SSSR count). The Hall–Kier alpha value is -3.08. The number of hydrogen-bond acceptors (Lipinski definition) is 4. The second kappa shape index (κ2) is 8.36. The van der Waals surface area contributed by atoms with Crippen molar-refractivity contribution in [1.29, 1.82) is 5.26 Å². The summed E-state index contributed by atoms with van der Waals surface area (Å²) < 4.78 is 45.8. The van der Waals surface area contributed by atoms with E-state index in [1.807, 2.05) is 39.8 Å². The number of rotatable bonds is 5. The number of nitriles is 1. The van der Waals surface area contributed by atoms with Gasteiger partial charge < -0.3 is 10.1 Å². The second-order valence-electron chi connectivity index (χ2n) is 10.0. The molecule has 1 aromatic heterocycles. The van der Waals surface area contributed by atoms with Gasteiger partial charge in [0.2, 0.25) is 0 Å². The van der Waals surface area contributed by atoms with E-state index in [1.165, 1.54) is 6.07 Å². The van der Waals surface area contributed by atoms with Gasteiger partial charge in [0.25, 0.3) is 5.91 Å². The number of alkyl halides is 3. The van der Waals surface area contributed by atoms with Gasteiger partial charge in [-0.2, -0.15) is 18.4 Å². The van der Waals surface area contributed by atoms with Gasteiger partial charge >= 0.3 is 6.18 Å². The summed E-state index contributed by atoms with van der Waals surface area (Å²) in [4.78, 5) is 16.5. The lowest BCUT2D eigenvalue weighted by Gasteiger charge is -2.63. The Labute approximate surface area is 192 Å². The van der Waals surface area contributed by atoms with Crippen LogP contribution in [0.15, 0.2) is 36.5 Å². The summed E-state index contributed by atoms with van der Waals surface area (Å²) in [6, 6.07) is 9.43. The molecule has 1 aromatic carbocycles. The zero-order chi connectivity index (χ0) is 24.8. The molecule has 33 heavy (non-hydrogen) atoms. The zero-order valence-electron chi connectivity index (χ0n) is 19.5. The summed E-state index contributed by atoms with van der Waals surface area (Å²) in [6.45, 7) is 11.8. The van der Waals surface area contributed by atoms with Crippen molar-refractivity contribution in [2.45, 2.75) is 65.8 Å². The molecular formula is C25H28F3N3O2. The smallest absolute Gasteiger partial charge is 0.419 e. The maximum atomic E-state index is 13.3. The lowest BCUT2D eigenvalue weighted by Crippen LogP contribution is -2.74. The van der Waals surface area contributed by atoms with E-state index in [9.17, 15) is 18.0 Å². The van der Waals surface area contributed by atoms with Crippen LogP contribution in [0, 0.1) is 22.2 Å². The van der Waals surface area contributed by atoms with E-state index in [-0.39, 0.29) is 17.7 Å². The fourth-order valence-corrected chi connectivity index (χ4v) is 4.99. The predicted octanol–water partition coefficient (Wildman–Crippen LogP) is 5.71. The van der Waals surface area contributed by atoms with Crippen molar-refractivity contribution in [2.24, 2.45) is 10.8 Å². The number of nitrogens with zero attached hydrogens (tertiary/aromatic N) is 2. The molecule has 1 aliphatic carbocycles. The SMILES string of the molecule is CC(C)c1ccc(C(=O)NC2C(C)(C)C(Oc3cnc(C#N)c(C(F)(F)F)c3)C2(C)C)cc1. The quantitative estimate of drug-likeness (QED) is 0.622. The monoisotopic (exact) mass is 459 g/mol. The van der Waals surface area contributed by atoms with Crippen molar-refractivity contribution in [1.82, 2.24) is 10.3 Å². The molecule has 2 aromatic rings. The number of aromatic nitrogens is 1. The molecule has 0 aliphatic heterocycles. The van der Waals surface area contributed by atoms with Gasteiger partial charge in [-0.3, -0.25) is 4.79 Å². The van der Waals surface area contributed by atoms with E-state index in [1.54, 1.807) is 12.1 Å². The van der Waals surface area contributed by atoms with Crippen molar-refractivity contribution in [3.05, 3.63) is 58.9 Å². The van der Waals surface area contributed by atoms with E-state index in [4.69, 9.17) is 10.00 Å². The predicted molar refractivity (Wildman–Crippen MR) is 118 cm³/mol. The number of benzene rings is 1. The number of halogens is 3. The minimum Gasteiger partial charge on any atom is -0.488 e. The molecule has 0 atom stereocenters. The second-order valence-corrected chi connectivity index (χ2v) is 10.0. The van der Waals surface area contributed by atoms with Gasteiger partial charge in [0.05, 0.1) is 11.8 Å². The van der Waals surface area contributed by atoms with Gasteiger partial charge in [0.1, 0.15) is 17.9 Å². The van der Waals surface area contributed by atoms with Gasteiger partial charge in [-0.05, 0) is 29.7 Å². The van der Waals surface area contributed by atoms with Crippen LogP contribution in [0.4, 0.5) is 13.2 Å². The summed E-state index contributed by atoms with van der Waals surface area (Å²) in [5.74, 6) is 0.0786.